The van der Waals surface area contributed by atoms with Crippen LogP contribution in [-0.2, 0) is 0 Å². The van der Waals surface area contributed by atoms with E-state index in [1.54, 1.807) is 23.6 Å². The predicted octanol–water partition coefficient (Wildman–Crippen LogP) is 5.52. The van der Waals surface area contributed by atoms with E-state index in [1.165, 1.54) is 11.3 Å². The van der Waals surface area contributed by atoms with Gasteiger partial charge in [-0.1, -0.05) is 41.4 Å². The third-order valence-corrected chi connectivity index (χ3v) is 9.37. The lowest BCUT2D eigenvalue weighted by atomic mass is 10.0. The molecular formula is C27H23Cl2N5O2S2. The molecule has 0 unspecified atom stereocenters. The molecule has 0 N–H and O–H groups in total. The first kappa shape index (κ1) is 25.5. The third-order valence-electron chi connectivity index (χ3n) is 6.98. The summed E-state index contributed by atoms with van der Waals surface area (Å²) in [5.41, 5.74) is 3.38. The largest absolute Gasteiger partial charge is 0.335 e. The van der Waals surface area contributed by atoms with Crippen molar-refractivity contribution < 1.29 is 9.59 Å². The Balaban J connectivity index is 1.02. The van der Waals surface area contributed by atoms with Crippen molar-refractivity contribution in [3.8, 4) is 21.8 Å². The van der Waals surface area contributed by atoms with E-state index in [4.69, 9.17) is 28.2 Å². The van der Waals surface area contributed by atoms with E-state index < -0.39 is 0 Å². The number of piperazine rings is 1. The minimum Gasteiger partial charge on any atom is -0.335 e. The minimum atomic E-state index is 0.0110. The molecule has 2 saturated heterocycles. The number of thiazole rings is 2. The quantitative estimate of drug-likeness (QED) is 0.309. The lowest BCUT2D eigenvalue weighted by Gasteiger charge is -2.48. The van der Waals surface area contributed by atoms with Crippen molar-refractivity contribution in [3.05, 3.63) is 80.0 Å². The molecule has 7 nitrogen and oxygen atoms in total. The van der Waals surface area contributed by atoms with Crippen molar-refractivity contribution in [1.82, 2.24) is 24.7 Å². The topological polar surface area (TPSA) is 69.6 Å². The van der Waals surface area contributed by atoms with Gasteiger partial charge in [-0.3, -0.25) is 14.5 Å². The number of hydrogen-bond donors (Lipinski definition) is 0. The molecule has 11 heteroatoms. The third kappa shape index (κ3) is 5.09. The van der Waals surface area contributed by atoms with E-state index in [1.807, 2.05) is 57.0 Å². The van der Waals surface area contributed by atoms with Gasteiger partial charge in [0.1, 0.15) is 5.01 Å². The molecule has 2 aliphatic heterocycles. The van der Waals surface area contributed by atoms with Gasteiger partial charge < -0.3 is 9.80 Å². The number of aromatic nitrogens is 2. The summed E-state index contributed by atoms with van der Waals surface area (Å²) in [5.74, 6) is 0.0536. The Kier molecular flexibility index (Phi) is 7.20. The van der Waals surface area contributed by atoms with Crippen LogP contribution < -0.4 is 0 Å². The van der Waals surface area contributed by atoms with Gasteiger partial charge in [0.25, 0.3) is 11.8 Å². The summed E-state index contributed by atoms with van der Waals surface area (Å²) in [7, 11) is 0. The minimum absolute atomic E-state index is 0.0110. The Morgan fingerprint density at radius 3 is 2.26 bits per heavy atom. The van der Waals surface area contributed by atoms with Gasteiger partial charge in [-0.25, -0.2) is 9.97 Å². The van der Waals surface area contributed by atoms with E-state index in [-0.39, 0.29) is 11.8 Å². The standard InChI is InChI=1S/C27H23Cl2N5O2S2/c28-21-6-5-19(13-22(21)29)23-16-38-24(31-23)17-1-3-18(4-2-17)26(35)34-14-20(15-34)32-8-10-33(11-9-32)27(36)25-30-7-12-37-25/h1-7,12-13,16,20H,8-11,14-15H2. The van der Waals surface area contributed by atoms with Crippen LogP contribution in [0.15, 0.2) is 59.4 Å². The normalized spacial score (nSPS) is 16.5. The van der Waals surface area contributed by atoms with Crippen LogP contribution in [0.5, 0.6) is 0 Å². The second-order valence-electron chi connectivity index (χ2n) is 9.27. The highest BCUT2D eigenvalue weighted by Gasteiger charge is 2.37. The van der Waals surface area contributed by atoms with E-state index in [2.05, 4.69) is 9.88 Å². The Morgan fingerprint density at radius 2 is 1.58 bits per heavy atom. The van der Waals surface area contributed by atoms with Gasteiger partial charge in [-0.2, -0.15) is 0 Å². The molecule has 2 aliphatic rings. The number of carbonyl (C=O) groups is 2. The van der Waals surface area contributed by atoms with Gasteiger partial charge >= 0.3 is 0 Å². The van der Waals surface area contributed by atoms with Gasteiger partial charge in [0.15, 0.2) is 5.01 Å². The van der Waals surface area contributed by atoms with Crippen LogP contribution in [0.3, 0.4) is 0 Å². The van der Waals surface area contributed by atoms with Gasteiger partial charge in [0.05, 0.1) is 15.7 Å². The lowest BCUT2D eigenvalue weighted by Crippen LogP contribution is -2.64. The summed E-state index contributed by atoms with van der Waals surface area (Å²) in [6.07, 6.45) is 1.66. The van der Waals surface area contributed by atoms with Crippen LogP contribution >= 0.6 is 45.9 Å². The molecule has 2 amide bonds. The van der Waals surface area contributed by atoms with Crippen molar-refractivity contribution in [1.29, 1.82) is 0 Å². The first-order valence-electron chi connectivity index (χ1n) is 12.2. The summed E-state index contributed by atoms with van der Waals surface area (Å²) >= 11 is 15.1. The average molecular weight is 585 g/mol. The van der Waals surface area contributed by atoms with E-state index in [0.717, 1.165) is 34.9 Å². The van der Waals surface area contributed by atoms with Crippen LogP contribution in [0.25, 0.3) is 21.8 Å². The summed E-state index contributed by atoms with van der Waals surface area (Å²) in [4.78, 5) is 40.6. The molecule has 0 spiro atoms. The maximum Gasteiger partial charge on any atom is 0.282 e. The molecule has 2 aromatic carbocycles. The fourth-order valence-electron chi connectivity index (χ4n) is 4.74. The number of rotatable bonds is 5. The Bertz CT molecular complexity index is 1460. The van der Waals surface area contributed by atoms with Crippen LogP contribution in [0.4, 0.5) is 0 Å². The van der Waals surface area contributed by atoms with Crippen molar-refractivity contribution in [2.45, 2.75) is 6.04 Å². The van der Waals surface area contributed by atoms with E-state index >= 15 is 0 Å². The Morgan fingerprint density at radius 1 is 0.842 bits per heavy atom. The van der Waals surface area contributed by atoms with Crippen LogP contribution in [-0.4, -0.2) is 81.8 Å². The van der Waals surface area contributed by atoms with E-state index in [0.29, 0.717) is 52.8 Å². The highest BCUT2D eigenvalue weighted by atomic mass is 35.5. The molecule has 0 atom stereocenters. The summed E-state index contributed by atoms with van der Waals surface area (Å²) in [5, 5.41) is 6.25. The molecule has 194 valence electrons. The molecular weight excluding hydrogens is 561 g/mol. The SMILES string of the molecule is O=C(c1ccc(-c2nc(-c3ccc(Cl)c(Cl)c3)cs2)cc1)N1CC(N2CCN(C(=O)c3nccs3)CC2)C1. The maximum atomic E-state index is 13.0. The molecule has 2 aromatic heterocycles. The molecule has 0 bridgehead atoms. The summed E-state index contributed by atoms with van der Waals surface area (Å²) < 4.78 is 0. The number of carbonyl (C=O) groups excluding carboxylic acids is 2. The zero-order chi connectivity index (χ0) is 26.2. The van der Waals surface area contributed by atoms with Crippen LogP contribution in [0, 0.1) is 0 Å². The zero-order valence-electron chi connectivity index (χ0n) is 20.2. The number of halogens is 2. The smallest absolute Gasteiger partial charge is 0.282 e. The monoisotopic (exact) mass is 583 g/mol. The predicted molar refractivity (Wildman–Crippen MR) is 152 cm³/mol. The number of amides is 2. The van der Waals surface area contributed by atoms with E-state index in [9.17, 15) is 9.59 Å². The summed E-state index contributed by atoms with van der Waals surface area (Å²) in [6.45, 7) is 4.43. The number of hydrogen-bond acceptors (Lipinski definition) is 7. The van der Waals surface area contributed by atoms with Gasteiger partial charge in [-0.05, 0) is 24.3 Å². The second-order valence-corrected chi connectivity index (χ2v) is 11.8. The molecule has 4 aromatic rings. The second kappa shape index (κ2) is 10.7. The van der Waals surface area contributed by atoms with Gasteiger partial charge in [0.2, 0.25) is 0 Å². The average Bonchev–Trinajstić information content (AvgIpc) is 3.63. The molecule has 6 rings (SSSR count). The van der Waals surface area contributed by atoms with Gasteiger partial charge in [0, 0.05) is 79.0 Å². The first-order valence-corrected chi connectivity index (χ1v) is 14.7. The number of nitrogens with zero attached hydrogens (tertiary/aromatic N) is 5. The molecule has 4 heterocycles. The molecule has 2 fully saturated rings. The highest BCUT2D eigenvalue weighted by Crippen LogP contribution is 2.32. The molecule has 0 saturated carbocycles. The van der Waals surface area contributed by atoms with Crippen molar-refractivity contribution >= 4 is 57.7 Å². The Labute approximate surface area is 238 Å². The van der Waals surface area contributed by atoms with Crippen molar-refractivity contribution in [2.24, 2.45) is 0 Å². The van der Waals surface area contributed by atoms with Crippen molar-refractivity contribution in [3.63, 3.8) is 0 Å². The number of likely N-dealkylation sites (tertiary alicyclic amines) is 1. The molecule has 0 aliphatic carbocycles. The maximum absolute atomic E-state index is 13.0. The highest BCUT2D eigenvalue weighted by molar-refractivity contribution is 7.13. The fraction of sp³-hybridized carbons (Fsp3) is 0.259. The lowest BCUT2D eigenvalue weighted by molar-refractivity contribution is 0.00853. The molecule has 0 radical (unpaired) electrons. The van der Waals surface area contributed by atoms with Crippen molar-refractivity contribution in [2.75, 3.05) is 39.3 Å². The fourth-order valence-corrected chi connectivity index (χ4v) is 6.47. The first-order chi connectivity index (χ1) is 18.5. The summed E-state index contributed by atoms with van der Waals surface area (Å²) in [6, 6.07) is 13.4. The van der Waals surface area contributed by atoms with Crippen LogP contribution in [0.2, 0.25) is 10.0 Å². The number of benzene rings is 2. The van der Waals surface area contributed by atoms with Crippen LogP contribution in [0.1, 0.15) is 20.2 Å². The van der Waals surface area contributed by atoms with Gasteiger partial charge in [-0.15, -0.1) is 22.7 Å². The zero-order valence-corrected chi connectivity index (χ0v) is 23.4. The Hall–Kier alpha value is -2.82. The molecule has 38 heavy (non-hydrogen) atoms.